The average molecular weight is 465 g/mol. The van der Waals surface area contributed by atoms with Gasteiger partial charge in [-0.25, -0.2) is 18.4 Å². The average Bonchev–Trinajstić information content (AvgIpc) is 3.14. The van der Waals surface area contributed by atoms with E-state index in [9.17, 15) is 13.2 Å². The number of hydrogen-bond acceptors (Lipinski definition) is 8. The Bertz CT molecular complexity index is 1160. The number of sulfonamides is 1. The van der Waals surface area contributed by atoms with Crippen LogP contribution in [0.15, 0.2) is 46.5 Å². The van der Waals surface area contributed by atoms with E-state index in [4.69, 9.17) is 4.74 Å². The standard InChI is InChI=1S/C19H20N4O4S3/c1-13-2-4-15-16(10-13)29-19(21-15)22-17(24)12-28-18-5-3-14(11-20-18)30(25,26)23-6-8-27-9-7-23/h2-5,10-11H,6-9,12H2,1H3,(H,21,22,24). The molecule has 0 spiro atoms. The molecular weight excluding hydrogens is 444 g/mol. The lowest BCUT2D eigenvalue weighted by atomic mass is 10.2. The molecule has 1 saturated heterocycles. The van der Waals surface area contributed by atoms with Crippen molar-refractivity contribution in [2.24, 2.45) is 0 Å². The number of rotatable bonds is 6. The Labute approximate surface area is 182 Å². The normalized spacial score (nSPS) is 15.4. The second-order valence-electron chi connectivity index (χ2n) is 6.68. The van der Waals surface area contributed by atoms with Crippen LogP contribution in [-0.4, -0.2) is 60.7 Å². The molecule has 1 aliphatic rings. The topological polar surface area (TPSA) is 101 Å². The maximum Gasteiger partial charge on any atom is 0.244 e. The SMILES string of the molecule is Cc1ccc2nc(NC(=O)CSc3ccc(S(=O)(=O)N4CCOCC4)cn3)sc2c1. The Morgan fingerprint density at radius 1 is 1.27 bits per heavy atom. The Morgan fingerprint density at radius 3 is 2.80 bits per heavy atom. The number of benzene rings is 1. The van der Waals surface area contributed by atoms with Crippen molar-refractivity contribution in [3.8, 4) is 0 Å². The molecule has 0 bridgehead atoms. The number of carbonyl (C=O) groups excluding carboxylic acids is 1. The van der Waals surface area contributed by atoms with E-state index in [1.807, 2.05) is 25.1 Å². The fourth-order valence-corrected chi connectivity index (χ4v) is 5.90. The quantitative estimate of drug-likeness (QED) is 0.560. The zero-order valence-electron chi connectivity index (χ0n) is 16.2. The first kappa shape index (κ1) is 21.2. The number of carbonyl (C=O) groups is 1. The van der Waals surface area contributed by atoms with Crippen molar-refractivity contribution in [2.45, 2.75) is 16.8 Å². The number of thiazole rings is 1. The van der Waals surface area contributed by atoms with Gasteiger partial charge in [0.1, 0.15) is 4.90 Å². The van der Waals surface area contributed by atoms with Crippen LogP contribution >= 0.6 is 23.1 Å². The van der Waals surface area contributed by atoms with Gasteiger partial charge in [-0.05, 0) is 36.8 Å². The van der Waals surface area contributed by atoms with Gasteiger partial charge in [0.2, 0.25) is 15.9 Å². The van der Waals surface area contributed by atoms with Gasteiger partial charge < -0.3 is 10.1 Å². The van der Waals surface area contributed by atoms with Gasteiger partial charge in [0, 0.05) is 19.3 Å². The fourth-order valence-electron chi connectivity index (χ4n) is 2.92. The van der Waals surface area contributed by atoms with E-state index in [2.05, 4.69) is 15.3 Å². The molecule has 158 valence electrons. The van der Waals surface area contributed by atoms with Crippen molar-refractivity contribution in [3.05, 3.63) is 42.1 Å². The van der Waals surface area contributed by atoms with Gasteiger partial charge in [0.05, 0.1) is 34.2 Å². The number of anilines is 1. The number of nitrogens with one attached hydrogen (secondary N) is 1. The molecule has 2 aromatic heterocycles. The van der Waals surface area contributed by atoms with E-state index in [0.717, 1.165) is 15.8 Å². The minimum atomic E-state index is -3.57. The number of nitrogens with zero attached hydrogens (tertiary/aromatic N) is 3. The highest BCUT2D eigenvalue weighted by Crippen LogP contribution is 2.27. The molecule has 3 heterocycles. The first-order chi connectivity index (χ1) is 14.4. The van der Waals surface area contributed by atoms with Crippen LogP contribution in [0.3, 0.4) is 0 Å². The van der Waals surface area contributed by atoms with Crippen LogP contribution in [0.1, 0.15) is 5.56 Å². The summed E-state index contributed by atoms with van der Waals surface area (Å²) in [6, 6.07) is 9.09. The third-order valence-corrected chi connectivity index (χ3v) is 8.22. The molecule has 8 nitrogen and oxygen atoms in total. The number of ether oxygens (including phenoxy) is 1. The van der Waals surface area contributed by atoms with Crippen LogP contribution in [0.25, 0.3) is 10.2 Å². The molecule has 0 saturated carbocycles. The maximum atomic E-state index is 12.6. The van der Waals surface area contributed by atoms with Gasteiger partial charge in [-0.2, -0.15) is 4.31 Å². The van der Waals surface area contributed by atoms with Gasteiger partial charge in [0.25, 0.3) is 0 Å². The third-order valence-electron chi connectivity index (χ3n) is 4.46. The summed E-state index contributed by atoms with van der Waals surface area (Å²) in [5.41, 5.74) is 2.00. The first-order valence-corrected chi connectivity index (χ1v) is 12.5. The van der Waals surface area contributed by atoms with Crippen LogP contribution in [-0.2, 0) is 19.6 Å². The number of aromatic nitrogens is 2. The number of thioether (sulfide) groups is 1. The number of amides is 1. The summed E-state index contributed by atoms with van der Waals surface area (Å²) < 4.78 is 32.9. The largest absolute Gasteiger partial charge is 0.379 e. The monoisotopic (exact) mass is 464 g/mol. The molecule has 4 rings (SSSR count). The molecule has 3 aromatic rings. The molecule has 0 atom stereocenters. The smallest absolute Gasteiger partial charge is 0.244 e. The van der Waals surface area contributed by atoms with Gasteiger partial charge in [-0.1, -0.05) is 29.2 Å². The van der Waals surface area contributed by atoms with E-state index in [1.54, 1.807) is 6.07 Å². The van der Waals surface area contributed by atoms with Crippen LogP contribution in [0.4, 0.5) is 5.13 Å². The minimum Gasteiger partial charge on any atom is -0.379 e. The van der Waals surface area contributed by atoms with E-state index >= 15 is 0 Å². The molecule has 1 aliphatic heterocycles. The van der Waals surface area contributed by atoms with Crippen LogP contribution < -0.4 is 5.32 Å². The summed E-state index contributed by atoms with van der Waals surface area (Å²) >= 11 is 2.67. The minimum absolute atomic E-state index is 0.142. The molecule has 1 fully saturated rings. The lowest BCUT2D eigenvalue weighted by molar-refractivity contribution is -0.113. The van der Waals surface area contributed by atoms with E-state index in [1.165, 1.54) is 39.7 Å². The highest BCUT2D eigenvalue weighted by atomic mass is 32.2. The second kappa shape index (κ2) is 8.98. The summed E-state index contributed by atoms with van der Waals surface area (Å²) in [5.74, 6) is -0.0417. The molecule has 1 aromatic carbocycles. The number of morpholine rings is 1. The lowest BCUT2D eigenvalue weighted by Gasteiger charge is -2.25. The zero-order chi connectivity index (χ0) is 21.1. The van der Waals surface area contributed by atoms with Crippen molar-refractivity contribution in [3.63, 3.8) is 0 Å². The number of fused-ring (bicyclic) bond motifs is 1. The number of pyridine rings is 1. The lowest BCUT2D eigenvalue weighted by Crippen LogP contribution is -2.40. The van der Waals surface area contributed by atoms with E-state index in [0.29, 0.717) is 36.5 Å². The maximum absolute atomic E-state index is 12.6. The summed E-state index contributed by atoms with van der Waals surface area (Å²) in [5, 5.41) is 3.94. The highest BCUT2D eigenvalue weighted by Gasteiger charge is 2.26. The van der Waals surface area contributed by atoms with Gasteiger partial charge >= 0.3 is 0 Å². The molecule has 1 amide bonds. The third kappa shape index (κ3) is 4.81. The van der Waals surface area contributed by atoms with E-state index < -0.39 is 10.0 Å². The molecule has 11 heteroatoms. The predicted molar refractivity (Wildman–Crippen MR) is 118 cm³/mol. The highest BCUT2D eigenvalue weighted by molar-refractivity contribution is 7.99. The van der Waals surface area contributed by atoms with Crippen molar-refractivity contribution >= 4 is 54.4 Å². The van der Waals surface area contributed by atoms with Crippen molar-refractivity contribution in [2.75, 3.05) is 37.4 Å². The number of hydrogen-bond donors (Lipinski definition) is 1. The predicted octanol–water partition coefficient (Wildman–Crippen LogP) is 2.75. The van der Waals surface area contributed by atoms with Crippen LogP contribution in [0.5, 0.6) is 0 Å². The molecule has 0 radical (unpaired) electrons. The van der Waals surface area contributed by atoms with Gasteiger partial charge in [-0.15, -0.1) is 0 Å². The van der Waals surface area contributed by atoms with Gasteiger partial charge in [0.15, 0.2) is 5.13 Å². The Balaban J connectivity index is 1.34. The van der Waals surface area contributed by atoms with Crippen LogP contribution in [0.2, 0.25) is 0 Å². The summed E-state index contributed by atoms with van der Waals surface area (Å²) in [6.07, 6.45) is 1.33. The number of aryl methyl sites for hydroxylation is 1. The van der Waals surface area contributed by atoms with Crippen molar-refractivity contribution in [1.29, 1.82) is 0 Å². The molecule has 1 N–H and O–H groups in total. The first-order valence-electron chi connectivity index (χ1n) is 9.25. The second-order valence-corrected chi connectivity index (χ2v) is 10.6. The Kier molecular flexibility index (Phi) is 6.34. The van der Waals surface area contributed by atoms with Crippen molar-refractivity contribution < 1.29 is 17.9 Å². The summed E-state index contributed by atoms with van der Waals surface area (Å²) in [6.45, 7) is 3.47. The van der Waals surface area contributed by atoms with Gasteiger partial charge in [-0.3, -0.25) is 4.79 Å². The van der Waals surface area contributed by atoms with Crippen LogP contribution in [0, 0.1) is 6.92 Å². The fraction of sp³-hybridized carbons (Fsp3) is 0.316. The molecule has 0 unspecified atom stereocenters. The summed E-state index contributed by atoms with van der Waals surface area (Å²) in [4.78, 5) is 21.0. The molecule has 30 heavy (non-hydrogen) atoms. The zero-order valence-corrected chi connectivity index (χ0v) is 18.6. The van der Waals surface area contributed by atoms with E-state index in [-0.39, 0.29) is 16.6 Å². The Morgan fingerprint density at radius 2 is 2.07 bits per heavy atom. The Hall–Kier alpha value is -2.05. The molecular formula is C19H20N4O4S3. The molecule has 0 aliphatic carbocycles. The van der Waals surface area contributed by atoms with Crippen molar-refractivity contribution in [1.82, 2.24) is 14.3 Å². The summed E-state index contributed by atoms with van der Waals surface area (Å²) in [7, 11) is -3.57.